The smallest absolute Gasteiger partial charge is 0.248 e. The first kappa shape index (κ1) is 14.0. The molecule has 3 heterocycles. The van der Waals surface area contributed by atoms with Crippen molar-refractivity contribution in [2.75, 3.05) is 26.2 Å². The summed E-state index contributed by atoms with van der Waals surface area (Å²) in [6.45, 7) is 2.12. The van der Waals surface area contributed by atoms with Gasteiger partial charge in [-0.05, 0) is 17.7 Å². The fourth-order valence-electron chi connectivity index (χ4n) is 2.87. The molecule has 7 heteroatoms. The van der Waals surface area contributed by atoms with Gasteiger partial charge < -0.3 is 15.3 Å². The molecule has 0 radical (unpaired) electrons. The van der Waals surface area contributed by atoms with E-state index in [9.17, 15) is 9.59 Å². The Bertz CT molecular complexity index is 536. The van der Waals surface area contributed by atoms with Gasteiger partial charge in [-0.2, -0.15) is 0 Å². The monoisotopic (exact) mass is 290 g/mol. The van der Waals surface area contributed by atoms with Gasteiger partial charge in [-0.15, -0.1) is 0 Å². The summed E-state index contributed by atoms with van der Waals surface area (Å²) in [7, 11) is 0. The lowest BCUT2D eigenvalue weighted by Crippen LogP contribution is -2.69. The fourth-order valence-corrected chi connectivity index (χ4v) is 2.87. The van der Waals surface area contributed by atoms with Crippen molar-refractivity contribution in [3.63, 3.8) is 0 Å². The second kappa shape index (κ2) is 5.79. The summed E-state index contributed by atoms with van der Waals surface area (Å²) in [6.07, 6.45) is 3.49. The third-order valence-electron chi connectivity index (χ3n) is 4.00. The molecule has 2 aliphatic heterocycles. The van der Waals surface area contributed by atoms with Crippen LogP contribution in [0.15, 0.2) is 24.5 Å². The first-order chi connectivity index (χ1) is 10.2. The van der Waals surface area contributed by atoms with E-state index < -0.39 is 12.1 Å². The van der Waals surface area contributed by atoms with Crippen molar-refractivity contribution in [3.8, 4) is 0 Å². The van der Waals surface area contributed by atoms with Crippen LogP contribution in [0.25, 0.3) is 0 Å². The number of nitrogens with zero attached hydrogens (tertiary/aromatic N) is 3. The Hall–Kier alpha value is -1.99. The largest absolute Gasteiger partial charge is 0.394 e. The van der Waals surface area contributed by atoms with Crippen LogP contribution >= 0.6 is 0 Å². The lowest BCUT2D eigenvalue weighted by molar-refractivity contribution is -0.154. The summed E-state index contributed by atoms with van der Waals surface area (Å²) in [5, 5.41) is 11.7. The first-order valence-corrected chi connectivity index (χ1v) is 7.02. The number of aliphatic hydroxyl groups is 1. The van der Waals surface area contributed by atoms with E-state index in [0.29, 0.717) is 13.1 Å². The van der Waals surface area contributed by atoms with Crippen LogP contribution in [0.2, 0.25) is 0 Å². The molecule has 2 fully saturated rings. The van der Waals surface area contributed by atoms with Gasteiger partial charge in [0.1, 0.15) is 12.1 Å². The molecule has 2 atom stereocenters. The zero-order valence-corrected chi connectivity index (χ0v) is 11.6. The molecule has 0 unspecified atom stereocenters. The van der Waals surface area contributed by atoms with Crippen molar-refractivity contribution < 1.29 is 14.7 Å². The average molecular weight is 290 g/mol. The molecular weight excluding hydrogens is 272 g/mol. The van der Waals surface area contributed by atoms with Crippen LogP contribution in [0, 0.1) is 0 Å². The number of nitrogens with one attached hydrogen (secondary N) is 1. The van der Waals surface area contributed by atoms with Gasteiger partial charge in [0, 0.05) is 38.6 Å². The van der Waals surface area contributed by atoms with E-state index in [-0.39, 0.29) is 18.4 Å². The second-order valence-corrected chi connectivity index (χ2v) is 5.38. The summed E-state index contributed by atoms with van der Waals surface area (Å²) in [5.41, 5.74) is 1.13. The summed E-state index contributed by atoms with van der Waals surface area (Å²) < 4.78 is 0. The predicted molar refractivity (Wildman–Crippen MR) is 74.0 cm³/mol. The van der Waals surface area contributed by atoms with E-state index in [1.54, 1.807) is 17.3 Å². The number of carbonyl (C=O) groups is 2. The molecule has 0 aliphatic carbocycles. The van der Waals surface area contributed by atoms with Crippen LogP contribution in [0.5, 0.6) is 0 Å². The predicted octanol–water partition coefficient (Wildman–Crippen LogP) is -1.41. The number of aromatic nitrogens is 1. The summed E-state index contributed by atoms with van der Waals surface area (Å²) in [6, 6.07) is 2.64. The van der Waals surface area contributed by atoms with E-state index in [4.69, 9.17) is 5.11 Å². The van der Waals surface area contributed by atoms with Crippen LogP contribution in [0.3, 0.4) is 0 Å². The van der Waals surface area contributed by atoms with Gasteiger partial charge in [0.25, 0.3) is 0 Å². The van der Waals surface area contributed by atoms with Crippen LogP contribution in [-0.4, -0.2) is 70.0 Å². The van der Waals surface area contributed by atoms with Gasteiger partial charge in [0.15, 0.2) is 0 Å². The standard InChI is InChI=1S/C14H18N4O3/c19-9-11-14(21)18-6-5-17(8-12(18)13(20)16-11)7-10-1-3-15-4-2-10/h1-4,11-12,19H,5-9H2,(H,16,20)/t11-,12-/m1/s1. The van der Waals surface area contributed by atoms with Gasteiger partial charge in [-0.3, -0.25) is 19.5 Å². The normalized spacial score (nSPS) is 26.4. The number of carbonyl (C=O) groups excluding carboxylic acids is 2. The fraction of sp³-hybridized carbons (Fsp3) is 0.500. The number of hydrogen-bond donors (Lipinski definition) is 2. The third kappa shape index (κ3) is 2.74. The highest BCUT2D eigenvalue weighted by atomic mass is 16.3. The zero-order chi connectivity index (χ0) is 14.8. The van der Waals surface area contributed by atoms with Crippen molar-refractivity contribution in [2.24, 2.45) is 0 Å². The van der Waals surface area contributed by atoms with E-state index in [1.165, 1.54) is 0 Å². The van der Waals surface area contributed by atoms with E-state index in [1.807, 2.05) is 12.1 Å². The van der Waals surface area contributed by atoms with Crippen molar-refractivity contribution in [3.05, 3.63) is 30.1 Å². The van der Waals surface area contributed by atoms with Gasteiger partial charge in [-0.1, -0.05) is 0 Å². The van der Waals surface area contributed by atoms with Gasteiger partial charge in [-0.25, -0.2) is 0 Å². The van der Waals surface area contributed by atoms with Crippen LogP contribution < -0.4 is 5.32 Å². The Labute approximate surface area is 122 Å². The molecule has 0 aromatic carbocycles. The number of fused-ring (bicyclic) bond motifs is 1. The third-order valence-corrected chi connectivity index (χ3v) is 4.00. The molecule has 1 aromatic rings. The van der Waals surface area contributed by atoms with Gasteiger partial charge >= 0.3 is 0 Å². The van der Waals surface area contributed by atoms with E-state index >= 15 is 0 Å². The Balaban J connectivity index is 1.68. The molecule has 112 valence electrons. The maximum Gasteiger partial charge on any atom is 0.248 e. The van der Waals surface area contributed by atoms with Crippen molar-refractivity contribution >= 4 is 11.8 Å². The Morgan fingerprint density at radius 1 is 1.29 bits per heavy atom. The van der Waals surface area contributed by atoms with E-state index in [0.717, 1.165) is 18.7 Å². The van der Waals surface area contributed by atoms with Crippen molar-refractivity contribution in [1.29, 1.82) is 0 Å². The molecule has 2 amide bonds. The Morgan fingerprint density at radius 2 is 2.05 bits per heavy atom. The maximum absolute atomic E-state index is 12.1. The number of hydrogen-bond acceptors (Lipinski definition) is 5. The SMILES string of the molecule is O=C1N[C@H](CO)C(=O)N2CCN(Cc3ccncc3)C[C@H]12. The quantitative estimate of drug-likeness (QED) is 0.714. The minimum absolute atomic E-state index is 0.187. The molecular formula is C14H18N4O3. The highest BCUT2D eigenvalue weighted by Crippen LogP contribution is 2.17. The highest BCUT2D eigenvalue weighted by molar-refractivity contribution is 5.97. The second-order valence-electron chi connectivity index (χ2n) is 5.38. The number of rotatable bonds is 3. The minimum atomic E-state index is -0.791. The molecule has 1 aromatic heterocycles. The topological polar surface area (TPSA) is 85.8 Å². The number of amides is 2. The molecule has 21 heavy (non-hydrogen) atoms. The molecule has 0 bridgehead atoms. The Morgan fingerprint density at radius 3 is 2.76 bits per heavy atom. The van der Waals surface area contributed by atoms with E-state index in [2.05, 4.69) is 15.2 Å². The molecule has 3 rings (SSSR count). The minimum Gasteiger partial charge on any atom is -0.394 e. The zero-order valence-electron chi connectivity index (χ0n) is 11.6. The highest BCUT2D eigenvalue weighted by Gasteiger charge is 2.42. The first-order valence-electron chi connectivity index (χ1n) is 7.02. The molecule has 7 nitrogen and oxygen atoms in total. The maximum atomic E-state index is 12.1. The molecule has 2 aliphatic rings. The van der Waals surface area contributed by atoms with Crippen molar-refractivity contribution in [1.82, 2.24) is 20.1 Å². The van der Waals surface area contributed by atoms with Crippen LogP contribution in [-0.2, 0) is 16.1 Å². The molecule has 0 saturated carbocycles. The molecule has 0 spiro atoms. The summed E-state index contributed by atoms with van der Waals surface area (Å²) >= 11 is 0. The average Bonchev–Trinajstić information content (AvgIpc) is 2.52. The number of piperazine rings is 2. The van der Waals surface area contributed by atoms with Crippen LogP contribution in [0.1, 0.15) is 5.56 Å². The summed E-state index contributed by atoms with van der Waals surface area (Å²) in [4.78, 5) is 31.9. The van der Waals surface area contributed by atoms with Gasteiger partial charge in [0.2, 0.25) is 11.8 Å². The lowest BCUT2D eigenvalue weighted by Gasteiger charge is -2.45. The summed E-state index contributed by atoms with van der Waals surface area (Å²) in [5.74, 6) is -0.376. The number of pyridine rings is 1. The number of aliphatic hydroxyl groups excluding tert-OH is 1. The molecule has 2 N–H and O–H groups in total. The lowest BCUT2D eigenvalue weighted by atomic mass is 10.0. The molecule has 2 saturated heterocycles. The van der Waals surface area contributed by atoms with Gasteiger partial charge in [0.05, 0.1) is 6.61 Å². The Kier molecular flexibility index (Phi) is 3.85. The van der Waals surface area contributed by atoms with Crippen molar-refractivity contribution in [2.45, 2.75) is 18.6 Å². The van der Waals surface area contributed by atoms with Crippen LogP contribution in [0.4, 0.5) is 0 Å².